The van der Waals surface area contributed by atoms with Crippen LogP contribution in [-0.2, 0) is 6.42 Å². The molecule has 0 saturated carbocycles. The lowest BCUT2D eigenvalue weighted by molar-refractivity contribution is 0.102. The van der Waals surface area contributed by atoms with E-state index in [0.29, 0.717) is 30.2 Å². The molecule has 0 bridgehead atoms. The number of rotatable bonds is 7. The molecule has 7 heteroatoms. The van der Waals surface area contributed by atoms with Gasteiger partial charge < -0.3 is 15.4 Å². The smallest absolute Gasteiger partial charge is 0.274 e. The molecule has 2 aromatic carbocycles. The van der Waals surface area contributed by atoms with Crippen LogP contribution in [0.15, 0.2) is 60.9 Å². The largest absolute Gasteiger partial charge is 0.495 e. The third-order valence-corrected chi connectivity index (χ3v) is 3.89. The number of methoxy groups -OCH3 is 1. The van der Waals surface area contributed by atoms with E-state index in [0.717, 1.165) is 5.56 Å². The Kier molecular flexibility index (Phi) is 5.94. The molecule has 0 radical (unpaired) electrons. The molecular weight excluding hydrogens is 347 g/mol. The second-order valence-corrected chi connectivity index (χ2v) is 5.75. The number of carbonyl (C=O) groups excluding carboxylic acids is 1. The Morgan fingerprint density at radius 2 is 1.89 bits per heavy atom. The number of aromatic nitrogens is 2. The summed E-state index contributed by atoms with van der Waals surface area (Å²) < 4.78 is 18.1. The number of carbonyl (C=O) groups is 1. The number of hydrogen-bond acceptors (Lipinski definition) is 5. The number of anilines is 2. The summed E-state index contributed by atoms with van der Waals surface area (Å²) in [4.78, 5) is 20.6. The summed E-state index contributed by atoms with van der Waals surface area (Å²) in [5.41, 5.74) is 1.81. The molecule has 138 valence electrons. The van der Waals surface area contributed by atoms with E-state index in [1.165, 1.54) is 18.5 Å². The Labute approximate surface area is 156 Å². The number of benzene rings is 2. The number of halogens is 1. The van der Waals surface area contributed by atoms with Gasteiger partial charge in [0, 0.05) is 12.6 Å². The second kappa shape index (κ2) is 8.75. The number of ether oxygens (including phenoxy) is 1. The molecule has 0 aliphatic rings. The molecule has 1 aromatic heterocycles. The molecule has 3 aromatic rings. The number of nitrogens with zero attached hydrogens (tertiary/aromatic N) is 2. The molecule has 1 amide bonds. The topological polar surface area (TPSA) is 76.1 Å². The summed E-state index contributed by atoms with van der Waals surface area (Å²) in [6.07, 6.45) is 2.03. The highest BCUT2D eigenvalue weighted by molar-refractivity contribution is 6.04. The van der Waals surface area contributed by atoms with E-state index in [2.05, 4.69) is 20.6 Å². The van der Waals surface area contributed by atoms with Gasteiger partial charge in [0.25, 0.3) is 5.91 Å². The molecule has 3 rings (SSSR count). The first-order valence-corrected chi connectivity index (χ1v) is 8.40. The van der Waals surface area contributed by atoms with Gasteiger partial charge in [0.1, 0.15) is 29.4 Å². The normalized spacial score (nSPS) is 10.3. The standard InChI is InChI=1S/C20H19FN4O2/c1-27-18-5-3-2-4-16(18)25-20(26)17-12-19(24-13-23-17)22-11-10-14-6-8-15(21)9-7-14/h2-9,12-13H,10-11H2,1H3,(H,25,26)(H,22,23,24). The van der Waals surface area contributed by atoms with E-state index in [-0.39, 0.29) is 17.4 Å². The van der Waals surface area contributed by atoms with Gasteiger partial charge in [0.05, 0.1) is 12.8 Å². The summed E-state index contributed by atoms with van der Waals surface area (Å²) in [7, 11) is 1.54. The van der Waals surface area contributed by atoms with Crippen molar-refractivity contribution in [3.05, 3.63) is 78.0 Å². The van der Waals surface area contributed by atoms with Crippen molar-refractivity contribution in [2.24, 2.45) is 0 Å². The summed E-state index contributed by atoms with van der Waals surface area (Å²) in [6.45, 7) is 0.593. The Morgan fingerprint density at radius 3 is 2.67 bits per heavy atom. The lowest BCUT2D eigenvalue weighted by Gasteiger charge is -2.10. The minimum Gasteiger partial charge on any atom is -0.495 e. The van der Waals surface area contributed by atoms with Crippen LogP contribution in [0.2, 0.25) is 0 Å². The Bertz CT molecular complexity index is 916. The van der Waals surface area contributed by atoms with E-state index >= 15 is 0 Å². The highest BCUT2D eigenvalue weighted by atomic mass is 19.1. The highest BCUT2D eigenvalue weighted by Gasteiger charge is 2.11. The van der Waals surface area contributed by atoms with Gasteiger partial charge in [0.15, 0.2) is 0 Å². The molecule has 0 unspecified atom stereocenters. The molecule has 1 heterocycles. The third kappa shape index (κ3) is 5.01. The van der Waals surface area contributed by atoms with Crippen molar-refractivity contribution < 1.29 is 13.9 Å². The average molecular weight is 366 g/mol. The van der Waals surface area contributed by atoms with Crippen molar-refractivity contribution >= 4 is 17.4 Å². The summed E-state index contributed by atoms with van der Waals surface area (Å²) in [5.74, 6) is 0.492. The quantitative estimate of drug-likeness (QED) is 0.669. The predicted octanol–water partition coefficient (Wildman–Crippen LogP) is 3.53. The lowest BCUT2D eigenvalue weighted by Crippen LogP contribution is -2.15. The SMILES string of the molecule is COc1ccccc1NC(=O)c1cc(NCCc2ccc(F)cc2)ncn1. The van der Waals surface area contributed by atoms with Crippen LogP contribution in [0.3, 0.4) is 0 Å². The van der Waals surface area contributed by atoms with Gasteiger partial charge in [-0.2, -0.15) is 0 Å². The van der Waals surface area contributed by atoms with Gasteiger partial charge in [0.2, 0.25) is 0 Å². The molecule has 0 spiro atoms. The Morgan fingerprint density at radius 1 is 1.11 bits per heavy atom. The number of hydrogen-bond donors (Lipinski definition) is 2. The van der Waals surface area contributed by atoms with Crippen molar-refractivity contribution in [3.63, 3.8) is 0 Å². The average Bonchev–Trinajstić information content (AvgIpc) is 2.70. The van der Waals surface area contributed by atoms with Crippen LogP contribution < -0.4 is 15.4 Å². The number of amides is 1. The van der Waals surface area contributed by atoms with E-state index < -0.39 is 0 Å². The van der Waals surface area contributed by atoms with E-state index in [9.17, 15) is 9.18 Å². The van der Waals surface area contributed by atoms with Gasteiger partial charge >= 0.3 is 0 Å². The summed E-state index contributed by atoms with van der Waals surface area (Å²) in [5, 5.41) is 5.91. The molecule has 0 aliphatic heterocycles. The fourth-order valence-electron chi connectivity index (χ4n) is 2.50. The molecule has 27 heavy (non-hydrogen) atoms. The summed E-state index contributed by atoms with van der Waals surface area (Å²) >= 11 is 0. The molecule has 0 aliphatic carbocycles. The fraction of sp³-hybridized carbons (Fsp3) is 0.150. The monoisotopic (exact) mass is 366 g/mol. The fourth-order valence-corrected chi connectivity index (χ4v) is 2.50. The van der Waals surface area contributed by atoms with Crippen molar-refractivity contribution in [2.45, 2.75) is 6.42 Å². The Hall–Kier alpha value is -3.48. The molecule has 2 N–H and O–H groups in total. The highest BCUT2D eigenvalue weighted by Crippen LogP contribution is 2.23. The zero-order valence-electron chi connectivity index (χ0n) is 14.8. The van der Waals surface area contributed by atoms with Crippen molar-refractivity contribution in [1.82, 2.24) is 9.97 Å². The molecule has 0 saturated heterocycles. The van der Waals surface area contributed by atoms with Gasteiger partial charge in [-0.25, -0.2) is 14.4 Å². The van der Waals surface area contributed by atoms with Crippen molar-refractivity contribution in [1.29, 1.82) is 0 Å². The maximum atomic E-state index is 12.9. The first-order chi connectivity index (χ1) is 13.2. The molecule has 0 atom stereocenters. The minimum atomic E-state index is -0.358. The molecule has 6 nitrogen and oxygen atoms in total. The number of para-hydroxylation sites is 2. The maximum absolute atomic E-state index is 12.9. The van der Waals surface area contributed by atoms with Gasteiger partial charge in [-0.1, -0.05) is 24.3 Å². The van der Waals surface area contributed by atoms with Crippen LogP contribution in [0, 0.1) is 5.82 Å². The van der Waals surface area contributed by atoms with Gasteiger partial charge in [-0.15, -0.1) is 0 Å². The zero-order valence-corrected chi connectivity index (χ0v) is 14.8. The predicted molar refractivity (Wildman–Crippen MR) is 102 cm³/mol. The van der Waals surface area contributed by atoms with Crippen LogP contribution in [0.25, 0.3) is 0 Å². The minimum absolute atomic E-state index is 0.236. The van der Waals surface area contributed by atoms with Crippen LogP contribution in [-0.4, -0.2) is 29.5 Å². The van der Waals surface area contributed by atoms with E-state index in [1.54, 1.807) is 43.5 Å². The first-order valence-electron chi connectivity index (χ1n) is 8.40. The van der Waals surface area contributed by atoms with Crippen molar-refractivity contribution in [2.75, 3.05) is 24.3 Å². The van der Waals surface area contributed by atoms with Crippen LogP contribution >= 0.6 is 0 Å². The zero-order chi connectivity index (χ0) is 19.1. The van der Waals surface area contributed by atoms with Crippen LogP contribution in [0.5, 0.6) is 5.75 Å². The summed E-state index contributed by atoms with van der Waals surface area (Å²) in [6, 6.07) is 15.1. The molecule has 0 fully saturated rings. The van der Waals surface area contributed by atoms with Crippen LogP contribution in [0.4, 0.5) is 15.9 Å². The van der Waals surface area contributed by atoms with Crippen molar-refractivity contribution in [3.8, 4) is 5.75 Å². The van der Waals surface area contributed by atoms with E-state index in [4.69, 9.17) is 4.74 Å². The molecular formula is C20H19FN4O2. The van der Waals surface area contributed by atoms with Gasteiger partial charge in [-0.3, -0.25) is 4.79 Å². The van der Waals surface area contributed by atoms with Crippen LogP contribution in [0.1, 0.15) is 16.1 Å². The third-order valence-electron chi connectivity index (χ3n) is 3.89. The number of nitrogens with one attached hydrogen (secondary N) is 2. The van der Waals surface area contributed by atoms with Gasteiger partial charge in [-0.05, 0) is 36.2 Å². The van der Waals surface area contributed by atoms with E-state index in [1.807, 2.05) is 6.07 Å². The second-order valence-electron chi connectivity index (χ2n) is 5.75. The lowest BCUT2D eigenvalue weighted by atomic mass is 10.1. The maximum Gasteiger partial charge on any atom is 0.274 e. The first kappa shape index (κ1) is 18.3. The Balaban J connectivity index is 1.60.